The minimum atomic E-state index is -0.997. The van der Waals surface area contributed by atoms with Crippen LogP contribution < -0.4 is 10.5 Å². The molecule has 12 heteroatoms. The van der Waals surface area contributed by atoms with Crippen LogP contribution in [0.3, 0.4) is 0 Å². The number of aromatic nitrogens is 3. The van der Waals surface area contributed by atoms with E-state index in [2.05, 4.69) is 9.97 Å². The molecule has 3 aromatic heterocycles. The van der Waals surface area contributed by atoms with E-state index in [-0.39, 0.29) is 13.2 Å². The molecular formula is C28H34N4O8. The molecule has 3 N–H and O–H groups in total. The number of hydrogen-bond acceptors (Lipinski definition) is 10. The first kappa shape index (κ1) is 29.2. The Morgan fingerprint density at radius 3 is 2.10 bits per heavy atom. The standard InChI is InChI=1S/C28H34N4O8/c29-24-3-1-2-22-18-30-26(17-23(22)24)32-5-4-21-16-27(31-19-25(21)32)40-15-14-38-11-10-36-7-6-35-8-9-37-12-13-39-20-28(33)34/h1-5,16-19H,6-15,20,29H2,(H,33,34). The molecule has 4 rings (SSSR count). The molecule has 0 radical (unpaired) electrons. The summed E-state index contributed by atoms with van der Waals surface area (Å²) < 4.78 is 34.2. The van der Waals surface area contributed by atoms with E-state index in [1.807, 2.05) is 53.4 Å². The molecule has 0 amide bonds. The van der Waals surface area contributed by atoms with Gasteiger partial charge < -0.3 is 39.3 Å². The fraction of sp³-hybridized carbons (Fsp3) is 0.393. The number of carbonyl (C=O) groups is 1. The van der Waals surface area contributed by atoms with E-state index >= 15 is 0 Å². The number of hydrogen-bond donors (Lipinski definition) is 2. The van der Waals surface area contributed by atoms with Crippen molar-refractivity contribution in [1.29, 1.82) is 0 Å². The van der Waals surface area contributed by atoms with Crippen molar-refractivity contribution in [3.63, 3.8) is 0 Å². The summed E-state index contributed by atoms with van der Waals surface area (Å²) in [5, 5.41) is 11.4. The van der Waals surface area contributed by atoms with Gasteiger partial charge in [0.15, 0.2) is 0 Å². The van der Waals surface area contributed by atoms with Gasteiger partial charge in [0.2, 0.25) is 5.88 Å². The highest BCUT2D eigenvalue weighted by atomic mass is 16.6. The van der Waals surface area contributed by atoms with Crippen LogP contribution >= 0.6 is 0 Å². The number of benzene rings is 1. The molecule has 214 valence electrons. The maximum absolute atomic E-state index is 10.3. The minimum absolute atomic E-state index is 0.238. The largest absolute Gasteiger partial charge is 0.480 e. The Hall–Kier alpha value is -3.81. The third-order valence-electron chi connectivity index (χ3n) is 5.77. The Balaban J connectivity index is 1.06. The van der Waals surface area contributed by atoms with E-state index in [4.69, 9.17) is 39.3 Å². The molecular weight excluding hydrogens is 520 g/mol. The monoisotopic (exact) mass is 554 g/mol. The first-order chi connectivity index (χ1) is 19.6. The summed E-state index contributed by atoms with van der Waals surface area (Å²) in [6.45, 7) is 3.66. The molecule has 40 heavy (non-hydrogen) atoms. The minimum Gasteiger partial charge on any atom is -0.480 e. The molecule has 12 nitrogen and oxygen atoms in total. The number of fused-ring (bicyclic) bond motifs is 2. The second-order valence-electron chi connectivity index (χ2n) is 8.62. The van der Waals surface area contributed by atoms with E-state index < -0.39 is 5.97 Å². The molecule has 1 aromatic carbocycles. The number of carboxylic acid groups (broad SMARTS) is 1. The molecule has 0 atom stereocenters. The lowest BCUT2D eigenvalue weighted by Crippen LogP contribution is -2.15. The van der Waals surface area contributed by atoms with Crippen LogP contribution in [0.2, 0.25) is 0 Å². The van der Waals surface area contributed by atoms with Gasteiger partial charge in [-0.2, -0.15) is 0 Å². The van der Waals surface area contributed by atoms with E-state index in [1.54, 1.807) is 6.20 Å². The van der Waals surface area contributed by atoms with Crippen LogP contribution in [-0.4, -0.2) is 98.3 Å². The Morgan fingerprint density at radius 2 is 1.43 bits per heavy atom. The van der Waals surface area contributed by atoms with Gasteiger partial charge in [0.25, 0.3) is 0 Å². The summed E-state index contributed by atoms with van der Waals surface area (Å²) in [4.78, 5) is 19.3. The van der Waals surface area contributed by atoms with Crippen LogP contribution in [0.1, 0.15) is 0 Å². The predicted molar refractivity (Wildman–Crippen MR) is 148 cm³/mol. The lowest BCUT2D eigenvalue weighted by molar-refractivity contribution is -0.142. The molecule has 4 aromatic rings. The summed E-state index contributed by atoms with van der Waals surface area (Å²) in [5.41, 5.74) is 7.78. The fourth-order valence-corrected chi connectivity index (χ4v) is 3.85. The van der Waals surface area contributed by atoms with Crippen molar-refractivity contribution >= 4 is 33.3 Å². The Labute approximate surface area is 231 Å². The van der Waals surface area contributed by atoms with Gasteiger partial charge in [0.1, 0.15) is 19.0 Å². The van der Waals surface area contributed by atoms with Gasteiger partial charge in [-0.15, -0.1) is 0 Å². The highest BCUT2D eigenvalue weighted by Gasteiger charge is 2.09. The molecule has 3 heterocycles. The van der Waals surface area contributed by atoms with Crippen molar-refractivity contribution in [1.82, 2.24) is 14.5 Å². The summed E-state index contributed by atoms with van der Waals surface area (Å²) in [6, 6.07) is 11.7. The Bertz CT molecular complexity index is 1360. The number of aliphatic carboxylic acids is 1. The van der Waals surface area contributed by atoms with Crippen molar-refractivity contribution in [3.8, 4) is 11.7 Å². The molecule has 0 saturated carbocycles. The van der Waals surface area contributed by atoms with Crippen molar-refractivity contribution in [2.45, 2.75) is 0 Å². The van der Waals surface area contributed by atoms with Crippen LogP contribution in [0.25, 0.3) is 27.5 Å². The van der Waals surface area contributed by atoms with Crippen molar-refractivity contribution < 1.29 is 38.3 Å². The number of nitrogen functional groups attached to an aromatic ring is 1. The molecule has 0 aliphatic carbocycles. The number of pyridine rings is 2. The molecule has 0 bridgehead atoms. The van der Waals surface area contributed by atoms with Crippen LogP contribution in [0.4, 0.5) is 5.69 Å². The smallest absolute Gasteiger partial charge is 0.329 e. The van der Waals surface area contributed by atoms with Gasteiger partial charge in [0, 0.05) is 40.3 Å². The molecule has 0 spiro atoms. The topological polar surface area (TPSA) is 149 Å². The second kappa shape index (κ2) is 15.7. The molecule has 0 aliphatic heterocycles. The quantitative estimate of drug-likeness (QED) is 0.130. The normalized spacial score (nSPS) is 11.4. The van der Waals surface area contributed by atoms with Crippen LogP contribution in [0.15, 0.2) is 55.0 Å². The van der Waals surface area contributed by atoms with Crippen molar-refractivity contribution in [2.24, 2.45) is 0 Å². The number of rotatable bonds is 19. The van der Waals surface area contributed by atoms with Crippen molar-refractivity contribution in [2.75, 3.05) is 78.4 Å². The Kier molecular flexibility index (Phi) is 11.5. The number of carboxylic acids is 1. The summed E-state index contributed by atoms with van der Waals surface area (Å²) >= 11 is 0. The summed E-state index contributed by atoms with van der Waals surface area (Å²) in [7, 11) is 0. The zero-order valence-corrected chi connectivity index (χ0v) is 22.2. The van der Waals surface area contributed by atoms with E-state index in [9.17, 15) is 4.79 Å². The van der Waals surface area contributed by atoms with Gasteiger partial charge in [-0.05, 0) is 18.2 Å². The van der Waals surface area contributed by atoms with Crippen LogP contribution in [0, 0.1) is 0 Å². The zero-order chi connectivity index (χ0) is 28.0. The van der Waals surface area contributed by atoms with Crippen LogP contribution in [0.5, 0.6) is 5.88 Å². The van der Waals surface area contributed by atoms with E-state index in [0.717, 1.165) is 27.5 Å². The third kappa shape index (κ3) is 8.86. The highest BCUT2D eigenvalue weighted by Crippen LogP contribution is 2.26. The lowest BCUT2D eigenvalue weighted by atomic mass is 10.1. The van der Waals surface area contributed by atoms with Crippen molar-refractivity contribution in [3.05, 3.63) is 55.0 Å². The average molecular weight is 555 g/mol. The SMILES string of the molecule is Nc1cccc2cnc(-n3ccc4cc(OCCOCCOCCOCCOCCOCC(=O)O)ncc43)cc12. The lowest BCUT2D eigenvalue weighted by Gasteiger charge is -2.09. The number of nitrogens with zero attached hydrogens (tertiary/aromatic N) is 3. The Morgan fingerprint density at radius 1 is 0.775 bits per heavy atom. The maximum Gasteiger partial charge on any atom is 0.329 e. The number of anilines is 1. The van der Waals surface area contributed by atoms with Gasteiger partial charge >= 0.3 is 5.97 Å². The molecule has 0 aliphatic rings. The first-order valence-corrected chi connectivity index (χ1v) is 13.0. The first-order valence-electron chi connectivity index (χ1n) is 13.0. The fourth-order valence-electron chi connectivity index (χ4n) is 3.85. The van der Waals surface area contributed by atoms with Gasteiger partial charge in [-0.3, -0.25) is 4.57 Å². The molecule has 0 unspecified atom stereocenters. The van der Waals surface area contributed by atoms with E-state index in [1.165, 1.54) is 0 Å². The average Bonchev–Trinajstić information content (AvgIpc) is 3.38. The number of ether oxygens (including phenoxy) is 6. The molecule has 0 fully saturated rings. The zero-order valence-electron chi connectivity index (χ0n) is 22.2. The summed E-state index contributed by atoms with van der Waals surface area (Å²) in [6.07, 6.45) is 5.54. The van der Waals surface area contributed by atoms with Crippen LogP contribution in [-0.2, 0) is 28.5 Å². The highest BCUT2D eigenvalue weighted by molar-refractivity contribution is 5.93. The van der Waals surface area contributed by atoms with Gasteiger partial charge in [-0.1, -0.05) is 12.1 Å². The van der Waals surface area contributed by atoms with Gasteiger partial charge in [0.05, 0.1) is 71.2 Å². The summed E-state index contributed by atoms with van der Waals surface area (Å²) in [5.74, 6) is 0.294. The molecule has 0 saturated heterocycles. The third-order valence-corrected chi connectivity index (χ3v) is 5.77. The second-order valence-corrected chi connectivity index (χ2v) is 8.62. The maximum atomic E-state index is 10.3. The van der Waals surface area contributed by atoms with E-state index in [0.29, 0.717) is 71.0 Å². The number of nitrogens with two attached hydrogens (primary N) is 1. The van der Waals surface area contributed by atoms with Gasteiger partial charge in [-0.25, -0.2) is 14.8 Å². The predicted octanol–water partition coefficient (Wildman–Crippen LogP) is 2.70.